The lowest BCUT2D eigenvalue weighted by Crippen LogP contribution is -2.40. The van der Waals surface area contributed by atoms with Crippen molar-refractivity contribution in [2.45, 2.75) is 31.4 Å². The quantitative estimate of drug-likeness (QED) is 0.802. The number of para-hydroxylation sites is 1. The third kappa shape index (κ3) is 2.62. The van der Waals surface area contributed by atoms with E-state index in [1.807, 2.05) is 6.07 Å². The number of hydrogen-bond acceptors (Lipinski definition) is 4. The number of fused-ring (bicyclic) bond motifs is 4. The lowest BCUT2D eigenvalue weighted by atomic mass is 9.69. The van der Waals surface area contributed by atoms with Gasteiger partial charge < -0.3 is 20.3 Å². The first-order valence-corrected chi connectivity index (χ1v) is 8.64. The molecule has 2 aromatic carbocycles. The molecular formula is C21H23NO3. The molecule has 0 amide bonds. The standard InChI is InChI=1S/C21H23NO3/c1-21(2)18-10-15(25-12-14(24)11-23)8-7-13(18)9-17-16-5-3-4-6-19(16)22-20(17)21/h3-10,14,20,22-24H,11-12H2,1-2H3/t14-,20?/m1/s1. The molecule has 25 heavy (non-hydrogen) atoms. The molecule has 0 saturated carbocycles. The Morgan fingerprint density at radius 3 is 2.80 bits per heavy atom. The first-order chi connectivity index (χ1) is 12.0. The predicted octanol–water partition coefficient (Wildman–Crippen LogP) is 3.04. The fourth-order valence-corrected chi connectivity index (χ4v) is 3.86. The summed E-state index contributed by atoms with van der Waals surface area (Å²) in [6.45, 7) is 4.28. The summed E-state index contributed by atoms with van der Waals surface area (Å²) < 4.78 is 5.64. The van der Waals surface area contributed by atoms with Gasteiger partial charge in [0.05, 0.1) is 12.6 Å². The molecule has 3 N–H and O–H groups in total. The van der Waals surface area contributed by atoms with Crippen molar-refractivity contribution in [2.75, 3.05) is 18.5 Å². The minimum atomic E-state index is -0.860. The van der Waals surface area contributed by atoms with Gasteiger partial charge in [0.2, 0.25) is 0 Å². The Morgan fingerprint density at radius 1 is 1.20 bits per heavy atom. The molecule has 130 valence electrons. The van der Waals surface area contributed by atoms with Gasteiger partial charge in [-0.05, 0) is 41.0 Å². The van der Waals surface area contributed by atoms with E-state index in [1.165, 1.54) is 28.0 Å². The molecule has 2 atom stereocenters. The molecule has 1 heterocycles. The van der Waals surface area contributed by atoms with Crippen LogP contribution in [-0.4, -0.2) is 35.6 Å². The third-order valence-electron chi connectivity index (χ3n) is 5.25. The van der Waals surface area contributed by atoms with Gasteiger partial charge in [-0.2, -0.15) is 0 Å². The van der Waals surface area contributed by atoms with E-state index in [4.69, 9.17) is 9.84 Å². The number of aliphatic hydroxyl groups excluding tert-OH is 2. The highest BCUT2D eigenvalue weighted by Gasteiger charge is 2.42. The van der Waals surface area contributed by atoms with Crippen molar-refractivity contribution in [3.05, 3.63) is 59.2 Å². The lowest BCUT2D eigenvalue weighted by molar-refractivity contribution is 0.0535. The Labute approximate surface area is 147 Å². The molecule has 0 saturated heterocycles. The van der Waals surface area contributed by atoms with E-state index >= 15 is 0 Å². The first kappa shape index (κ1) is 16.2. The predicted molar refractivity (Wildman–Crippen MR) is 99.8 cm³/mol. The molecule has 0 aromatic heterocycles. The van der Waals surface area contributed by atoms with Crippen LogP contribution < -0.4 is 10.1 Å². The monoisotopic (exact) mass is 337 g/mol. The van der Waals surface area contributed by atoms with Crippen LogP contribution in [0.2, 0.25) is 0 Å². The fourth-order valence-electron chi connectivity index (χ4n) is 3.86. The maximum atomic E-state index is 9.49. The highest BCUT2D eigenvalue weighted by Crippen LogP contribution is 2.49. The van der Waals surface area contributed by atoms with Crippen molar-refractivity contribution in [2.24, 2.45) is 0 Å². The molecule has 4 heteroatoms. The molecule has 0 spiro atoms. The number of aliphatic hydroxyl groups is 2. The van der Waals surface area contributed by atoms with Crippen molar-refractivity contribution in [3.8, 4) is 5.75 Å². The normalized spacial score (nSPS) is 20.6. The molecule has 2 aliphatic rings. The summed E-state index contributed by atoms with van der Waals surface area (Å²) in [5.74, 6) is 0.715. The van der Waals surface area contributed by atoms with Crippen LogP contribution in [0.3, 0.4) is 0 Å². The van der Waals surface area contributed by atoms with E-state index in [0.717, 1.165) is 0 Å². The molecule has 4 nitrogen and oxygen atoms in total. The topological polar surface area (TPSA) is 61.7 Å². The van der Waals surface area contributed by atoms with Gasteiger partial charge in [-0.25, -0.2) is 0 Å². The van der Waals surface area contributed by atoms with Gasteiger partial charge in [-0.15, -0.1) is 0 Å². The fraction of sp³-hybridized carbons (Fsp3) is 0.333. The number of rotatable bonds is 4. The molecule has 1 aliphatic heterocycles. The summed E-state index contributed by atoms with van der Waals surface area (Å²) in [5, 5.41) is 22.1. The van der Waals surface area contributed by atoms with Crippen LogP contribution in [-0.2, 0) is 5.41 Å². The highest BCUT2D eigenvalue weighted by atomic mass is 16.5. The van der Waals surface area contributed by atoms with E-state index in [1.54, 1.807) is 0 Å². The Hall–Kier alpha value is -2.30. The molecule has 0 radical (unpaired) electrons. The summed E-state index contributed by atoms with van der Waals surface area (Å²) in [7, 11) is 0. The number of hydrogen-bond donors (Lipinski definition) is 3. The van der Waals surface area contributed by atoms with E-state index in [2.05, 4.69) is 61.6 Å². The van der Waals surface area contributed by atoms with Crippen LogP contribution in [0.5, 0.6) is 5.75 Å². The first-order valence-electron chi connectivity index (χ1n) is 8.64. The summed E-state index contributed by atoms with van der Waals surface area (Å²) in [5.41, 5.74) is 6.10. The smallest absolute Gasteiger partial charge is 0.119 e. The van der Waals surface area contributed by atoms with E-state index in [9.17, 15) is 5.11 Å². The van der Waals surface area contributed by atoms with Gasteiger partial charge in [0.25, 0.3) is 0 Å². The van der Waals surface area contributed by atoms with Crippen molar-refractivity contribution < 1.29 is 14.9 Å². The van der Waals surface area contributed by atoms with E-state index < -0.39 is 6.10 Å². The van der Waals surface area contributed by atoms with Gasteiger partial charge >= 0.3 is 0 Å². The van der Waals surface area contributed by atoms with E-state index in [0.29, 0.717) is 5.75 Å². The minimum Gasteiger partial charge on any atom is -0.491 e. The van der Waals surface area contributed by atoms with Gasteiger partial charge in [-0.3, -0.25) is 0 Å². The molecule has 1 unspecified atom stereocenters. The Kier molecular flexibility index (Phi) is 3.82. The largest absolute Gasteiger partial charge is 0.491 e. The van der Waals surface area contributed by atoms with Crippen LogP contribution in [0.15, 0.2) is 42.5 Å². The number of nitrogens with one attached hydrogen (secondary N) is 1. The zero-order valence-corrected chi connectivity index (χ0v) is 14.5. The molecular weight excluding hydrogens is 314 g/mol. The number of ether oxygens (including phenoxy) is 1. The maximum absolute atomic E-state index is 9.49. The molecule has 0 bridgehead atoms. The second kappa shape index (κ2) is 5.90. The SMILES string of the molecule is CC1(C)c2cc(OC[C@H](O)CO)ccc2C=C2c3ccccc3NC21. The lowest BCUT2D eigenvalue weighted by Gasteiger charge is -2.38. The zero-order chi connectivity index (χ0) is 17.6. The molecule has 0 fully saturated rings. The average molecular weight is 337 g/mol. The van der Waals surface area contributed by atoms with Crippen molar-refractivity contribution in [1.29, 1.82) is 0 Å². The second-order valence-electron chi connectivity index (χ2n) is 7.34. The summed E-state index contributed by atoms with van der Waals surface area (Å²) in [4.78, 5) is 0. The molecule has 1 aliphatic carbocycles. The summed E-state index contributed by atoms with van der Waals surface area (Å²) in [6, 6.07) is 14.7. The molecule has 2 aromatic rings. The van der Waals surface area contributed by atoms with Crippen LogP contribution in [0.1, 0.15) is 30.5 Å². The highest BCUT2D eigenvalue weighted by molar-refractivity contribution is 5.98. The van der Waals surface area contributed by atoms with Crippen LogP contribution in [0.25, 0.3) is 11.6 Å². The average Bonchev–Trinajstić information content (AvgIpc) is 3.00. The number of anilines is 1. The van der Waals surface area contributed by atoms with Crippen LogP contribution >= 0.6 is 0 Å². The van der Waals surface area contributed by atoms with Gasteiger partial charge in [0, 0.05) is 16.7 Å². The van der Waals surface area contributed by atoms with Crippen LogP contribution in [0.4, 0.5) is 5.69 Å². The molecule has 4 rings (SSSR count). The third-order valence-corrected chi connectivity index (χ3v) is 5.25. The Bertz CT molecular complexity index is 841. The van der Waals surface area contributed by atoms with Gasteiger partial charge in [0.1, 0.15) is 18.5 Å². The Balaban J connectivity index is 1.72. The minimum absolute atomic E-state index is 0.0872. The summed E-state index contributed by atoms with van der Waals surface area (Å²) in [6.07, 6.45) is 1.40. The summed E-state index contributed by atoms with van der Waals surface area (Å²) >= 11 is 0. The van der Waals surface area contributed by atoms with Gasteiger partial charge in [0.15, 0.2) is 0 Å². The second-order valence-corrected chi connectivity index (χ2v) is 7.34. The van der Waals surface area contributed by atoms with Crippen LogP contribution in [0, 0.1) is 0 Å². The number of benzene rings is 2. The van der Waals surface area contributed by atoms with Crippen molar-refractivity contribution in [3.63, 3.8) is 0 Å². The van der Waals surface area contributed by atoms with Gasteiger partial charge in [-0.1, -0.05) is 38.1 Å². The van der Waals surface area contributed by atoms with Crippen molar-refractivity contribution in [1.82, 2.24) is 0 Å². The zero-order valence-electron chi connectivity index (χ0n) is 14.5. The Morgan fingerprint density at radius 2 is 2.00 bits per heavy atom. The van der Waals surface area contributed by atoms with Crippen molar-refractivity contribution >= 4 is 17.3 Å². The van der Waals surface area contributed by atoms with E-state index in [-0.39, 0.29) is 24.7 Å². The maximum Gasteiger partial charge on any atom is 0.119 e.